The molecule has 3 heteroatoms. The van der Waals surface area contributed by atoms with Gasteiger partial charge in [0.2, 0.25) is 0 Å². The second-order valence-electron chi connectivity index (χ2n) is 12.9. The van der Waals surface area contributed by atoms with Crippen LogP contribution in [0.5, 0.6) is 0 Å². The van der Waals surface area contributed by atoms with E-state index in [4.69, 9.17) is 0 Å². The zero-order valence-corrected chi connectivity index (χ0v) is 27.2. The molecule has 10 rings (SSSR count). The molecule has 234 valence electrons. The fraction of sp³-hybridized carbons (Fsp3) is 0. The molecule has 0 unspecified atom stereocenters. The first-order chi connectivity index (χ1) is 24.8. The van der Waals surface area contributed by atoms with Gasteiger partial charge in [-0.3, -0.25) is 4.98 Å². The van der Waals surface area contributed by atoms with Gasteiger partial charge in [-0.1, -0.05) is 121 Å². The highest BCUT2D eigenvalue weighted by Crippen LogP contribution is 2.38. The van der Waals surface area contributed by atoms with Crippen molar-refractivity contribution in [1.29, 1.82) is 0 Å². The monoisotopic (exact) mass is 637 g/mol. The molecular weight excluding hydrogens is 607 g/mol. The Morgan fingerprint density at radius 3 is 1.68 bits per heavy atom. The molecule has 0 aliphatic rings. The topological polar surface area (TPSA) is 22.8 Å². The molecule has 3 nitrogen and oxygen atoms in total. The average molecular weight is 638 g/mol. The van der Waals surface area contributed by atoms with Crippen LogP contribution in [0.2, 0.25) is 0 Å². The SMILES string of the molecule is c1ccc(-c2ccc(-n3c4ccncc4c4cc(-c5ccc6c7ccccc7n(-c7cccc(-c8ccccc8)c7)c6c5)ccc43)cc2)cc1. The maximum absolute atomic E-state index is 4.55. The van der Waals surface area contributed by atoms with E-state index >= 15 is 0 Å². The minimum atomic E-state index is 1.13. The fourth-order valence-corrected chi connectivity index (χ4v) is 7.64. The molecule has 0 bridgehead atoms. The number of rotatable bonds is 5. The molecule has 0 atom stereocenters. The van der Waals surface area contributed by atoms with E-state index in [0.29, 0.717) is 0 Å². The number of fused-ring (bicyclic) bond motifs is 6. The van der Waals surface area contributed by atoms with E-state index in [2.05, 4.69) is 190 Å². The molecule has 0 aliphatic carbocycles. The van der Waals surface area contributed by atoms with Gasteiger partial charge in [0, 0.05) is 45.3 Å². The summed E-state index contributed by atoms with van der Waals surface area (Å²) in [5, 5.41) is 4.83. The van der Waals surface area contributed by atoms with Crippen molar-refractivity contribution in [3.05, 3.63) is 188 Å². The van der Waals surface area contributed by atoms with Gasteiger partial charge in [0.05, 0.1) is 22.1 Å². The number of aromatic nitrogens is 3. The predicted octanol–water partition coefficient (Wildman–Crippen LogP) is 12.3. The van der Waals surface area contributed by atoms with Crippen molar-refractivity contribution in [2.75, 3.05) is 0 Å². The minimum absolute atomic E-state index is 1.13. The molecule has 0 saturated heterocycles. The Kier molecular flexibility index (Phi) is 6.49. The molecule has 0 amide bonds. The highest BCUT2D eigenvalue weighted by molar-refractivity contribution is 6.12. The maximum Gasteiger partial charge on any atom is 0.0571 e. The van der Waals surface area contributed by atoms with Crippen molar-refractivity contribution >= 4 is 43.6 Å². The molecule has 10 aromatic rings. The molecule has 0 radical (unpaired) electrons. The minimum Gasteiger partial charge on any atom is -0.309 e. The number of benzene rings is 7. The summed E-state index contributed by atoms with van der Waals surface area (Å²) >= 11 is 0. The quantitative estimate of drug-likeness (QED) is 0.184. The third-order valence-corrected chi connectivity index (χ3v) is 10.0. The first kappa shape index (κ1) is 28.3. The summed E-state index contributed by atoms with van der Waals surface area (Å²) in [5.74, 6) is 0. The van der Waals surface area contributed by atoms with Gasteiger partial charge in [-0.15, -0.1) is 0 Å². The second-order valence-corrected chi connectivity index (χ2v) is 12.9. The lowest BCUT2D eigenvalue weighted by molar-refractivity contribution is 1.17. The van der Waals surface area contributed by atoms with Gasteiger partial charge in [-0.05, 0) is 88.0 Å². The van der Waals surface area contributed by atoms with Gasteiger partial charge in [-0.25, -0.2) is 0 Å². The summed E-state index contributed by atoms with van der Waals surface area (Å²) in [7, 11) is 0. The van der Waals surface area contributed by atoms with Crippen LogP contribution in [0.1, 0.15) is 0 Å². The molecule has 3 heterocycles. The maximum atomic E-state index is 4.55. The summed E-state index contributed by atoms with van der Waals surface area (Å²) < 4.78 is 4.76. The third kappa shape index (κ3) is 4.56. The third-order valence-electron chi connectivity index (χ3n) is 10.0. The highest BCUT2D eigenvalue weighted by Gasteiger charge is 2.16. The highest BCUT2D eigenvalue weighted by atomic mass is 15.0. The van der Waals surface area contributed by atoms with E-state index in [-0.39, 0.29) is 0 Å². The van der Waals surface area contributed by atoms with E-state index < -0.39 is 0 Å². The lowest BCUT2D eigenvalue weighted by Crippen LogP contribution is -1.95. The van der Waals surface area contributed by atoms with Crippen molar-refractivity contribution in [3.63, 3.8) is 0 Å². The first-order valence-corrected chi connectivity index (χ1v) is 17.0. The standard InChI is InChI=1S/C47H31N3/c1-3-10-32(11-4-1)34-18-22-38(23-19-34)49-45-25-21-36(29-42(45)43-31-48-27-26-46(43)49)37-20-24-41-40-16-7-8-17-44(40)50(47(41)30-37)39-15-9-14-35(28-39)33-12-5-2-6-13-33/h1-31H. The van der Waals surface area contributed by atoms with E-state index in [1.165, 1.54) is 60.6 Å². The number of hydrogen-bond acceptors (Lipinski definition) is 1. The van der Waals surface area contributed by atoms with Crippen LogP contribution in [0, 0.1) is 0 Å². The van der Waals surface area contributed by atoms with Crippen molar-refractivity contribution in [2.45, 2.75) is 0 Å². The fourth-order valence-electron chi connectivity index (χ4n) is 7.64. The van der Waals surface area contributed by atoms with Gasteiger partial charge >= 0.3 is 0 Å². The van der Waals surface area contributed by atoms with E-state index in [1.54, 1.807) is 0 Å². The Labute approximate surface area is 290 Å². The number of nitrogens with zero attached hydrogens (tertiary/aromatic N) is 3. The molecular formula is C47H31N3. The lowest BCUT2D eigenvalue weighted by atomic mass is 10.0. The molecule has 0 fully saturated rings. The van der Waals surface area contributed by atoms with Crippen molar-refractivity contribution in [2.24, 2.45) is 0 Å². The van der Waals surface area contributed by atoms with Crippen molar-refractivity contribution < 1.29 is 0 Å². The summed E-state index contributed by atoms with van der Waals surface area (Å²) in [5.41, 5.74) is 14.2. The van der Waals surface area contributed by atoms with Crippen LogP contribution in [-0.2, 0) is 0 Å². The normalized spacial score (nSPS) is 11.6. The zero-order chi connectivity index (χ0) is 33.0. The molecule has 0 aliphatic heterocycles. The van der Waals surface area contributed by atoms with Gasteiger partial charge in [0.1, 0.15) is 0 Å². The van der Waals surface area contributed by atoms with E-state index in [0.717, 1.165) is 27.8 Å². The first-order valence-electron chi connectivity index (χ1n) is 17.0. The molecule has 0 spiro atoms. The Hall–Kier alpha value is -6.71. The number of hydrogen-bond donors (Lipinski definition) is 0. The largest absolute Gasteiger partial charge is 0.309 e. The van der Waals surface area contributed by atoms with E-state index in [1.807, 2.05) is 12.4 Å². The van der Waals surface area contributed by atoms with Gasteiger partial charge < -0.3 is 9.13 Å². The molecule has 7 aromatic carbocycles. The Morgan fingerprint density at radius 1 is 0.300 bits per heavy atom. The molecule has 0 N–H and O–H groups in total. The van der Waals surface area contributed by atoms with E-state index in [9.17, 15) is 0 Å². The smallest absolute Gasteiger partial charge is 0.0571 e. The summed E-state index contributed by atoms with van der Waals surface area (Å²) in [6, 6.07) is 63.5. The second kappa shape index (κ2) is 11.5. The molecule has 0 saturated carbocycles. The van der Waals surface area contributed by atoms with Gasteiger partial charge in [-0.2, -0.15) is 0 Å². The van der Waals surface area contributed by atoms with Crippen LogP contribution >= 0.6 is 0 Å². The van der Waals surface area contributed by atoms with Crippen LogP contribution in [0.4, 0.5) is 0 Å². The Bertz CT molecular complexity index is 2840. The van der Waals surface area contributed by atoms with Crippen LogP contribution in [-0.4, -0.2) is 14.1 Å². The number of pyridine rings is 1. The van der Waals surface area contributed by atoms with Crippen molar-refractivity contribution in [1.82, 2.24) is 14.1 Å². The predicted molar refractivity (Wildman–Crippen MR) is 209 cm³/mol. The van der Waals surface area contributed by atoms with Crippen LogP contribution in [0.25, 0.3) is 88.4 Å². The van der Waals surface area contributed by atoms with Crippen LogP contribution in [0.15, 0.2) is 188 Å². The Morgan fingerprint density at radius 2 is 0.860 bits per heavy atom. The van der Waals surface area contributed by atoms with Crippen molar-refractivity contribution in [3.8, 4) is 44.8 Å². The summed E-state index contributed by atoms with van der Waals surface area (Å²) in [4.78, 5) is 4.55. The summed E-state index contributed by atoms with van der Waals surface area (Å²) in [6.45, 7) is 0. The average Bonchev–Trinajstić information content (AvgIpc) is 3.71. The molecule has 3 aromatic heterocycles. The van der Waals surface area contributed by atoms with Gasteiger partial charge in [0.15, 0.2) is 0 Å². The summed E-state index contributed by atoms with van der Waals surface area (Å²) in [6.07, 6.45) is 3.88. The van der Waals surface area contributed by atoms with Gasteiger partial charge in [0.25, 0.3) is 0 Å². The van der Waals surface area contributed by atoms with Crippen LogP contribution < -0.4 is 0 Å². The molecule has 50 heavy (non-hydrogen) atoms. The Balaban J connectivity index is 1.12. The van der Waals surface area contributed by atoms with Crippen LogP contribution in [0.3, 0.4) is 0 Å². The number of para-hydroxylation sites is 1. The zero-order valence-electron chi connectivity index (χ0n) is 27.2. The lowest BCUT2D eigenvalue weighted by Gasteiger charge is -2.12.